The molecule has 2 nitrogen and oxygen atoms in total. The van der Waals surface area contributed by atoms with E-state index >= 15 is 0 Å². The van der Waals surface area contributed by atoms with Crippen LogP contribution in [0.1, 0.15) is 38.2 Å². The highest BCUT2D eigenvalue weighted by molar-refractivity contribution is 5.35. The molecule has 0 radical (unpaired) electrons. The summed E-state index contributed by atoms with van der Waals surface area (Å²) in [7, 11) is 2.26. The quantitative estimate of drug-likeness (QED) is 0.821. The Kier molecular flexibility index (Phi) is 2.86. The molecule has 1 saturated carbocycles. The molecular formula is C16H23NO. The standard InChI is InChI=1S/C16H23NO/c1-12-15-7-4-8-16(12,9-10-17(15)2)13-5-3-6-14(18)11-13/h3,5-6,11-12,15,18H,4,7-10H2,1-2H3/t12-,15+,16+/m1/s1. The van der Waals surface area contributed by atoms with E-state index in [2.05, 4.69) is 24.9 Å². The zero-order valence-electron chi connectivity index (χ0n) is 11.4. The van der Waals surface area contributed by atoms with E-state index in [1.54, 1.807) is 6.07 Å². The average Bonchev–Trinajstić information content (AvgIpc) is 2.35. The Morgan fingerprint density at radius 3 is 2.94 bits per heavy atom. The predicted octanol–water partition coefficient (Wildman–Crippen LogP) is 3.15. The van der Waals surface area contributed by atoms with Crippen LogP contribution in [0.15, 0.2) is 24.3 Å². The first-order valence-electron chi connectivity index (χ1n) is 7.13. The normalized spacial score (nSPS) is 36.6. The number of fused-ring (bicyclic) bond motifs is 2. The fourth-order valence-electron chi connectivity index (χ4n) is 4.34. The maximum atomic E-state index is 9.77. The van der Waals surface area contributed by atoms with Crippen molar-refractivity contribution in [2.24, 2.45) is 5.92 Å². The summed E-state index contributed by atoms with van der Waals surface area (Å²) < 4.78 is 0. The van der Waals surface area contributed by atoms with Crippen molar-refractivity contribution in [2.75, 3.05) is 13.6 Å². The Bertz CT molecular complexity index is 444. The highest BCUT2D eigenvalue weighted by atomic mass is 16.3. The molecule has 2 aliphatic rings. The third kappa shape index (κ3) is 1.66. The molecule has 0 unspecified atom stereocenters. The van der Waals surface area contributed by atoms with Gasteiger partial charge in [0.05, 0.1) is 0 Å². The van der Waals surface area contributed by atoms with Crippen LogP contribution in [-0.2, 0) is 5.41 Å². The Morgan fingerprint density at radius 1 is 1.33 bits per heavy atom. The number of hydrogen-bond donors (Lipinski definition) is 1. The molecule has 1 heterocycles. The first kappa shape index (κ1) is 12.0. The molecule has 1 aliphatic heterocycles. The van der Waals surface area contributed by atoms with Gasteiger partial charge in [0.15, 0.2) is 0 Å². The Morgan fingerprint density at radius 2 is 2.17 bits per heavy atom. The minimum absolute atomic E-state index is 0.300. The largest absolute Gasteiger partial charge is 0.508 e. The van der Waals surface area contributed by atoms with E-state index in [1.807, 2.05) is 12.1 Å². The maximum absolute atomic E-state index is 9.77. The molecule has 0 amide bonds. The minimum atomic E-state index is 0.300. The van der Waals surface area contributed by atoms with Crippen LogP contribution in [0.4, 0.5) is 0 Å². The molecule has 0 aromatic heterocycles. The summed E-state index contributed by atoms with van der Waals surface area (Å²) in [6.45, 7) is 3.59. The van der Waals surface area contributed by atoms with Gasteiger partial charge >= 0.3 is 0 Å². The van der Waals surface area contributed by atoms with Crippen molar-refractivity contribution in [3.05, 3.63) is 29.8 Å². The number of phenols is 1. The monoisotopic (exact) mass is 245 g/mol. The van der Waals surface area contributed by atoms with Crippen LogP contribution in [-0.4, -0.2) is 29.6 Å². The van der Waals surface area contributed by atoms with Gasteiger partial charge in [-0.2, -0.15) is 0 Å². The van der Waals surface area contributed by atoms with Gasteiger partial charge in [0.25, 0.3) is 0 Å². The SMILES string of the molecule is C[C@@H]1[C@@H]2CCC[C@]1(c1cccc(O)c1)CCN2C. The number of hydrogen-bond acceptors (Lipinski definition) is 2. The van der Waals surface area contributed by atoms with Crippen LogP contribution in [0.5, 0.6) is 5.75 Å². The average molecular weight is 245 g/mol. The molecule has 98 valence electrons. The third-order valence-electron chi connectivity index (χ3n) is 5.47. The van der Waals surface area contributed by atoms with E-state index in [-0.39, 0.29) is 0 Å². The van der Waals surface area contributed by atoms with Gasteiger partial charge in [0.1, 0.15) is 5.75 Å². The van der Waals surface area contributed by atoms with E-state index in [9.17, 15) is 5.11 Å². The lowest BCUT2D eigenvalue weighted by Gasteiger charge is -2.55. The van der Waals surface area contributed by atoms with E-state index in [4.69, 9.17) is 0 Å². The van der Waals surface area contributed by atoms with E-state index in [1.165, 1.54) is 37.8 Å². The number of benzene rings is 1. The van der Waals surface area contributed by atoms with Crippen molar-refractivity contribution in [2.45, 2.75) is 44.1 Å². The molecule has 1 aliphatic carbocycles. The molecular weight excluding hydrogens is 222 g/mol. The first-order chi connectivity index (χ1) is 8.63. The summed E-state index contributed by atoms with van der Waals surface area (Å²) in [5.41, 5.74) is 1.65. The van der Waals surface area contributed by atoms with Gasteiger partial charge < -0.3 is 10.0 Å². The molecule has 1 aromatic carbocycles. The second-order valence-electron chi connectivity index (χ2n) is 6.19. The molecule has 2 fully saturated rings. The maximum Gasteiger partial charge on any atom is 0.115 e. The molecule has 1 N–H and O–H groups in total. The number of piperidine rings is 1. The Hall–Kier alpha value is -1.02. The zero-order chi connectivity index (χ0) is 12.8. The summed E-state index contributed by atoms with van der Waals surface area (Å²) >= 11 is 0. The predicted molar refractivity (Wildman–Crippen MR) is 73.8 cm³/mol. The molecule has 3 rings (SSSR count). The molecule has 2 heteroatoms. The number of phenolic OH excluding ortho intramolecular Hbond substituents is 1. The lowest BCUT2D eigenvalue weighted by molar-refractivity contribution is 0.0126. The molecule has 18 heavy (non-hydrogen) atoms. The van der Waals surface area contributed by atoms with Gasteiger partial charge in [-0.3, -0.25) is 0 Å². The number of rotatable bonds is 1. The van der Waals surface area contributed by atoms with Crippen LogP contribution in [0, 0.1) is 5.92 Å². The second-order valence-corrected chi connectivity index (χ2v) is 6.19. The van der Waals surface area contributed by atoms with Crippen molar-refractivity contribution >= 4 is 0 Å². The Balaban J connectivity index is 2.02. The summed E-state index contributed by atoms with van der Waals surface area (Å²) in [5, 5.41) is 9.77. The number of aromatic hydroxyl groups is 1. The van der Waals surface area contributed by atoms with E-state index in [0.717, 1.165) is 6.04 Å². The highest BCUT2D eigenvalue weighted by Crippen LogP contribution is 2.50. The van der Waals surface area contributed by atoms with Crippen LogP contribution in [0.25, 0.3) is 0 Å². The summed E-state index contributed by atoms with van der Waals surface area (Å²) in [6.07, 6.45) is 5.15. The van der Waals surface area contributed by atoms with Crippen molar-refractivity contribution in [3.63, 3.8) is 0 Å². The van der Waals surface area contributed by atoms with Crippen molar-refractivity contribution < 1.29 is 5.11 Å². The second kappa shape index (κ2) is 4.27. The van der Waals surface area contributed by atoms with Crippen molar-refractivity contribution in [1.82, 2.24) is 4.90 Å². The van der Waals surface area contributed by atoms with Gasteiger partial charge in [-0.05, 0) is 56.5 Å². The van der Waals surface area contributed by atoms with Gasteiger partial charge in [-0.25, -0.2) is 0 Å². The summed E-state index contributed by atoms with van der Waals surface area (Å²) in [6, 6.07) is 8.69. The van der Waals surface area contributed by atoms with Gasteiger partial charge in [-0.1, -0.05) is 25.5 Å². The van der Waals surface area contributed by atoms with Gasteiger partial charge in [0.2, 0.25) is 0 Å². The van der Waals surface area contributed by atoms with Crippen LogP contribution < -0.4 is 0 Å². The van der Waals surface area contributed by atoms with E-state index in [0.29, 0.717) is 17.1 Å². The molecule has 0 spiro atoms. The molecule has 2 bridgehead atoms. The molecule has 3 atom stereocenters. The minimum Gasteiger partial charge on any atom is -0.508 e. The van der Waals surface area contributed by atoms with Crippen LogP contribution in [0.3, 0.4) is 0 Å². The smallest absolute Gasteiger partial charge is 0.115 e. The number of nitrogens with zero attached hydrogens (tertiary/aromatic N) is 1. The zero-order valence-corrected chi connectivity index (χ0v) is 11.4. The number of likely N-dealkylation sites (tertiary alicyclic amines) is 1. The van der Waals surface area contributed by atoms with Crippen LogP contribution in [0.2, 0.25) is 0 Å². The first-order valence-corrected chi connectivity index (χ1v) is 7.13. The topological polar surface area (TPSA) is 23.5 Å². The molecule has 1 aromatic rings. The summed E-state index contributed by atoms with van der Waals surface area (Å²) in [5.74, 6) is 1.10. The lowest BCUT2D eigenvalue weighted by Crippen LogP contribution is -2.56. The summed E-state index contributed by atoms with van der Waals surface area (Å²) in [4.78, 5) is 2.53. The van der Waals surface area contributed by atoms with Crippen molar-refractivity contribution in [3.8, 4) is 5.75 Å². The lowest BCUT2D eigenvalue weighted by atomic mass is 9.57. The fourth-order valence-corrected chi connectivity index (χ4v) is 4.34. The van der Waals surface area contributed by atoms with E-state index < -0.39 is 0 Å². The van der Waals surface area contributed by atoms with Gasteiger partial charge in [0, 0.05) is 11.5 Å². The van der Waals surface area contributed by atoms with Crippen molar-refractivity contribution in [1.29, 1.82) is 0 Å². The van der Waals surface area contributed by atoms with Crippen LogP contribution >= 0.6 is 0 Å². The highest BCUT2D eigenvalue weighted by Gasteiger charge is 2.48. The molecule has 1 saturated heterocycles. The third-order valence-corrected chi connectivity index (χ3v) is 5.47. The van der Waals surface area contributed by atoms with Gasteiger partial charge in [-0.15, -0.1) is 0 Å². The Labute approximate surface area is 110 Å². The fraction of sp³-hybridized carbons (Fsp3) is 0.625.